The van der Waals surface area contributed by atoms with Gasteiger partial charge in [-0.05, 0) is 20.8 Å². The number of alkyl carbamates (subject to hydrolysis) is 1. The van der Waals surface area contributed by atoms with E-state index in [9.17, 15) is 9.59 Å². The average molecular weight is 304 g/mol. The molecular weight excluding hydrogens is 280 g/mol. The van der Waals surface area contributed by atoms with Gasteiger partial charge in [-0.25, -0.2) is 4.79 Å². The molecule has 1 saturated heterocycles. The minimum atomic E-state index is -0.500. The summed E-state index contributed by atoms with van der Waals surface area (Å²) < 4.78 is 9.97. The first-order valence-electron chi connectivity index (χ1n) is 6.70. The number of thioether (sulfide) groups is 1. The summed E-state index contributed by atoms with van der Waals surface area (Å²) in [7, 11) is 1.40. The summed E-state index contributed by atoms with van der Waals surface area (Å²) >= 11 is 1.74. The topological polar surface area (TPSA) is 67.9 Å². The quantitative estimate of drug-likeness (QED) is 0.785. The second-order valence-corrected chi connectivity index (χ2v) is 6.73. The Balaban J connectivity index is 2.35. The zero-order valence-corrected chi connectivity index (χ0v) is 13.4. The second-order valence-electron chi connectivity index (χ2n) is 5.58. The molecule has 1 rings (SSSR count). The van der Waals surface area contributed by atoms with Gasteiger partial charge in [0.25, 0.3) is 0 Å². The molecule has 7 heteroatoms. The lowest BCUT2D eigenvalue weighted by atomic mass is 10.2. The van der Waals surface area contributed by atoms with E-state index >= 15 is 0 Å². The van der Waals surface area contributed by atoms with Crippen LogP contribution in [0.15, 0.2) is 0 Å². The Morgan fingerprint density at radius 3 is 2.70 bits per heavy atom. The molecule has 1 aliphatic rings. The molecule has 6 nitrogen and oxygen atoms in total. The summed E-state index contributed by atoms with van der Waals surface area (Å²) in [5.41, 5.74) is -0.500. The summed E-state index contributed by atoms with van der Waals surface area (Å²) in [6.07, 6.45) is -0.432. The molecule has 0 bridgehead atoms. The SMILES string of the molecule is COC(=O)C1CSCCN1CCNC(=O)OC(C)(C)C. The van der Waals surface area contributed by atoms with Crippen LogP contribution < -0.4 is 5.32 Å². The Labute approximate surface area is 124 Å². The Morgan fingerprint density at radius 2 is 2.10 bits per heavy atom. The van der Waals surface area contributed by atoms with Gasteiger partial charge in [-0.15, -0.1) is 0 Å². The van der Waals surface area contributed by atoms with Gasteiger partial charge < -0.3 is 14.8 Å². The lowest BCUT2D eigenvalue weighted by Crippen LogP contribution is -2.50. The fraction of sp³-hybridized carbons (Fsp3) is 0.846. The molecule has 0 aromatic rings. The van der Waals surface area contributed by atoms with Gasteiger partial charge in [0.15, 0.2) is 0 Å². The van der Waals surface area contributed by atoms with Crippen LogP contribution in [0, 0.1) is 0 Å². The van der Waals surface area contributed by atoms with Crippen molar-refractivity contribution in [1.29, 1.82) is 0 Å². The molecule has 0 aliphatic carbocycles. The van der Waals surface area contributed by atoms with E-state index in [4.69, 9.17) is 9.47 Å². The lowest BCUT2D eigenvalue weighted by Gasteiger charge is -2.33. The van der Waals surface area contributed by atoms with Crippen molar-refractivity contribution < 1.29 is 19.1 Å². The van der Waals surface area contributed by atoms with Crippen molar-refractivity contribution in [3.8, 4) is 0 Å². The largest absolute Gasteiger partial charge is 0.468 e. The van der Waals surface area contributed by atoms with E-state index in [0.717, 1.165) is 18.1 Å². The van der Waals surface area contributed by atoms with Crippen molar-refractivity contribution in [1.82, 2.24) is 10.2 Å². The highest BCUT2D eigenvalue weighted by Gasteiger charge is 2.29. The Bertz CT molecular complexity index is 344. The third-order valence-electron chi connectivity index (χ3n) is 2.78. The summed E-state index contributed by atoms with van der Waals surface area (Å²) in [5.74, 6) is 1.51. The number of amides is 1. The smallest absolute Gasteiger partial charge is 0.407 e. The molecule has 0 aromatic heterocycles. The van der Waals surface area contributed by atoms with Gasteiger partial charge in [-0.2, -0.15) is 11.8 Å². The molecule has 1 amide bonds. The van der Waals surface area contributed by atoms with Crippen molar-refractivity contribution in [3.05, 3.63) is 0 Å². The Hall–Kier alpha value is -0.950. The number of rotatable bonds is 4. The highest BCUT2D eigenvalue weighted by atomic mass is 32.2. The predicted molar refractivity (Wildman–Crippen MR) is 78.9 cm³/mol. The van der Waals surface area contributed by atoms with Gasteiger partial charge in [0, 0.05) is 31.1 Å². The van der Waals surface area contributed by atoms with E-state index < -0.39 is 11.7 Å². The van der Waals surface area contributed by atoms with Crippen LogP contribution in [0.2, 0.25) is 0 Å². The summed E-state index contributed by atoms with van der Waals surface area (Å²) in [6, 6.07) is -0.223. The molecule has 1 unspecified atom stereocenters. The van der Waals surface area contributed by atoms with E-state index in [2.05, 4.69) is 5.32 Å². The summed E-state index contributed by atoms with van der Waals surface area (Å²) in [5, 5.41) is 2.70. The number of nitrogens with zero attached hydrogens (tertiary/aromatic N) is 1. The second kappa shape index (κ2) is 7.73. The molecule has 1 aliphatic heterocycles. The Kier molecular flexibility index (Phi) is 6.61. The standard InChI is InChI=1S/C13H24N2O4S/c1-13(2,3)19-12(17)14-5-6-15-7-8-20-9-10(15)11(16)18-4/h10H,5-9H2,1-4H3,(H,14,17). The first-order valence-corrected chi connectivity index (χ1v) is 7.85. The molecule has 1 fully saturated rings. The van der Waals surface area contributed by atoms with Crippen LogP contribution in [-0.2, 0) is 14.3 Å². The molecule has 0 radical (unpaired) electrons. The van der Waals surface area contributed by atoms with Gasteiger partial charge in [0.1, 0.15) is 11.6 Å². The van der Waals surface area contributed by atoms with Gasteiger partial charge in [-0.1, -0.05) is 0 Å². The highest BCUT2D eigenvalue weighted by molar-refractivity contribution is 7.99. The van der Waals surface area contributed by atoms with Crippen LogP contribution in [0.4, 0.5) is 4.79 Å². The van der Waals surface area contributed by atoms with Gasteiger partial charge in [0.2, 0.25) is 0 Å². The van der Waals surface area contributed by atoms with Crippen LogP contribution in [0.1, 0.15) is 20.8 Å². The molecule has 1 heterocycles. The van der Waals surface area contributed by atoms with Crippen LogP contribution >= 0.6 is 11.8 Å². The maximum atomic E-state index is 11.7. The number of carbonyl (C=O) groups is 2. The number of carbonyl (C=O) groups excluding carboxylic acids is 2. The van der Waals surface area contributed by atoms with Gasteiger partial charge >= 0.3 is 12.1 Å². The Morgan fingerprint density at radius 1 is 1.40 bits per heavy atom. The fourth-order valence-corrected chi connectivity index (χ4v) is 2.97. The third kappa shape index (κ3) is 6.00. The van der Waals surface area contributed by atoms with Crippen molar-refractivity contribution in [3.63, 3.8) is 0 Å². The number of hydrogen-bond donors (Lipinski definition) is 1. The molecule has 116 valence electrons. The minimum absolute atomic E-state index is 0.213. The monoisotopic (exact) mass is 304 g/mol. The summed E-state index contributed by atoms with van der Waals surface area (Å²) in [6.45, 7) is 7.35. The van der Waals surface area contributed by atoms with E-state index in [1.165, 1.54) is 7.11 Å². The fourth-order valence-electron chi connectivity index (χ4n) is 1.87. The van der Waals surface area contributed by atoms with Gasteiger partial charge in [-0.3, -0.25) is 9.69 Å². The van der Waals surface area contributed by atoms with Crippen LogP contribution in [0.5, 0.6) is 0 Å². The van der Waals surface area contributed by atoms with Crippen molar-refractivity contribution in [2.24, 2.45) is 0 Å². The maximum Gasteiger partial charge on any atom is 0.407 e. The first-order chi connectivity index (χ1) is 9.33. The number of esters is 1. The molecule has 0 aromatic carbocycles. The first kappa shape index (κ1) is 17.1. The predicted octanol–water partition coefficient (Wildman–Crippen LogP) is 1.10. The average Bonchev–Trinajstić information content (AvgIpc) is 2.36. The van der Waals surface area contributed by atoms with Crippen molar-refractivity contribution in [2.75, 3.05) is 38.2 Å². The molecular formula is C13H24N2O4S. The van der Waals surface area contributed by atoms with E-state index in [-0.39, 0.29) is 12.0 Å². The van der Waals surface area contributed by atoms with Crippen LogP contribution in [-0.4, -0.2) is 66.9 Å². The molecule has 0 saturated carbocycles. The number of methoxy groups -OCH3 is 1. The molecule has 1 N–H and O–H groups in total. The normalized spacial score (nSPS) is 20.3. The molecule has 20 heavy (non-hydrogen) atoms. The number of nitrogens with one attached hydrogen (secondary N) is 1. The number of ether oxygens (including phenoxy) is 2. The van der Waals surface area contributed by atoms with E-state index in [0.29, 0.717) is 13.1 Å². The van der Waals surface area contributed by atoms with Crippen molar-refractivity contribution in [2.45, 2.75) is 32.4 Å². The van der Waals surface area contributed by atoms with E-state index in [1.54, 1.807) is 11.8 Å². The maximum absolute atomic E-state index is 11.7. The lowest BCUT2D eigenvalue weighted by molar-refractivity contribution is -0.146. The zero-order valence-electron chi connectivity index (χ0n) is 12.6. The van der Waals surface area contributed by atoms with Crippen LogP contribution in [0.3, 0.4) is 0 Å². The van der Waals surface area contributed by atoms with Gasteiger partial charge in [0.05, 0.1) is 7.11 Å². The zero-order chi connectivity index (χ0) is 15.2. The van der Waals surface area contributed by atoms with E-state index in [1.807, 2.05) is 25.7 Å². The minimum Gasteiger partial charge on any atom is -0.468 e. The molecule has 1 atom stereocenters. The van der Waals surface area contributed by atoms with Crippen molar-refractivity contribution >= 4 is 23.8 Å². The molecule has 0 spiro atoms. The van der Waals surface area contributed by atoms with Crippen LogP contribution in [0.25, 0.3) is 0 Å². The number of hydrogen-bond acceptors (Lipinski definition) is 6. The summed E-state index contributed by atoms with van der Waals surface area (Å²) in [4.78, 5) is 25.2. The highest BCUT2D eigenvalue weighted by Crippen LogP contribution is 2.16. The third-order valence-corrected chi connectivity index (χ3v) is 3.80.